The van der Waals surface area contributed by atoms with Crippen molar-refractivity contribution in [1.82, 2.24) is 0 Å². The molecule has 1 heterocycles. The van der Waals surface area contributed by atoms with Crippen molar-refractivity contribution in [1.29, 1.82) is 0 Å². The van der Waals surface area contributed by atoms with Gasteiger partial charge in [0.2, 0.25) is 0 Å². The lowest BCUT2D eigenvalue weighted by molar-refractivity contribution is -0.137. The highest BCUT2D eigenvalue weighted by Crippen LogP contribution is 2.34. The van der Waals surface area contributed by atoms with E-state index < -0.39 is 17.6 Å². The summed E-state index contributed by atoms with van der Waals surface area (Å²) in [5, 5.41) is 8.80. The lowest BCUT2D eigenvalue weighted by atomic mass is 9.95. The van der Waals surface area contributed by atoms with E-state index in [1.54, 1.807) is 4.90 Å². The van der Waals surface area contributed by atoms with E-state index >= 15 is 0 Å². The number of ether oxygens (including phenoxy) is 1. The summed E-state index contributed by atoms with van der Waals surface area (Å²) in [6.07, 6.45) is -0.0472. The number of amides is 1. The normalized spacial score (nSPS) is 22.4. The predicted octanol–water partition coefficient (Wildman–Crippen LogP) is 2.58. The van der Waals surface area contributed by atoms with Gasteiger partial charge in [0, 0.05) is 12.1 Å². The van der Waals surface area contributed by atoms with Crippen LogP contribution in [-0.2, 0) is 9.53 Å². The van der Waals surface area contributed by atoms with Gasteiger partial charge < -0.3 is 9.84 Å². The first-order valence-electron chi connectivity index (χ1n) is 6.18. The molecule has 0 radical (unpaired) electrons. The van der Waals surface area contributed by atoms with E-state index in [0.717, 1.165) is 11.3 Å². The Hall–Kier alpha value is -2.04. The number of cyclic esters (lactones) is 1. The van der Waals surface area contributed by atoms with Gasteiger partial charge in [-0.05, 0) is 32.4 Å². The Morgan fingerprint density at radius 3 is 2.63 bits per heavy atom. The largest absolute Gasteiger partial charge is 0.481 e. The number of anilines is 1. The topological polar surface area (TPSA) is 66.8 Å². The van der Waals surface area contributed by atoms with E-state index in [4.69, 9.17) is 9.84 Å². The molecule has 0 bridgehead atoms. The number of hydrogen-bond donors (Lipinski definition) is 1. The van der Waals surface area contributed by atoms with E-state index in [2.05, 4.69) is 0 Å². The first-order chi connectivity index (χ1) is 8.92. The predicted molar refractivity (Wildman–Crippen MR) is 70.3 cm³/mol. The van der Waals surface area contributed by atoms with Crippen LogP contribution in [0.4, 0.5) is 10.5 Å². The zero-order chi connectivity index (χ0) is 14.0. The van der Waals surface area contributed by atoms with Crippen molar-refractivity contribution in [2.75, 3.05) is 11.5 Å². The number of hydrogen-bond acceptors (Lipinski definition) is 3. The van der Waals surface area contributed by atoms with Gasteiger partial charge in [0.15, 0.2) is 0 Å². The third-order valence-corrected chi connectivity index (χ3v) is 3.40. The first-order valence-corrected chi connectivity index (χ1v) is 6.18. The van der Waals surface area contributed by atoms with Crippen molar-refractivity contribution in [3.63, 3.8) is 0 Å². The number of nitrogens with zero attached hydrogens (tertiary/aromatic N) is 1. The summed E-state index contributed by atoms with van der Waals surface area (Å²) in [5.74, 6) is -0.871. The second-order valence-electron chi connectivity index (χ2n) is 5.12. The van der Waals surface area contributed by atoms with Crippen LogP contribution in [-0.4, -0.2) is 29.3 Å². The lowest BCUT2D eigenvalue weighted by Gasteiger charge is -2.31. The molecule has 0 aromatic heterocycles. The lowest BCUT2D eigenvalue weighted by Crippen LogP contribution is -2.45. The Morgan fingerprint density at radius 1 is 1.42 bits per heavy atom. The van der Waals surface area contributed by atoms with E-state index in [9.17, 15) is 9.59 Å². The molecule has 1 aromatic rings. The molecule has 1 unspecified atom stereocenters. The quantitative estimate of drug-likeness (QED) is 0.906. The average molecular weight is 263 g/mol. The Kier molecular flexibility index (Phi) is 3.46. The minimum Gasteiger partial charge on any atom is -0.481 e. The monoisotopic (exact) mass is 263 g/mol. The average Bonchev–Trinajstić information content (AvgIpc) is 2.65. The van der Waals surface area contributed by atoms with Crippen LogP contribution in [0.15, 0.2) is 24.3 Å². The minimum atomic E-state index is -0.871. The van der Waals surface area contributed by atoms with Gasteiger partial charge in [-0.2, -0.15) is 0 Å². The maximum atomic E-state index is 11.9. The minimum absolute atomic E-state index is 0.00943. The highest BCUT2D eigenvalue weighted by molar-refractivity contribution is 5.91. The molecule has 102 valence electrons. The van der Waals surface area contributed by atoms with Gasteiger partial charge in [-0.25, -0.2) is 4.79 Å². The van der Waals surface area contributed by atoms with Crippen LogP contribution in [0.2, 0.25) is 0 Å². The summed E-state index contributed by atoms with van der Waals surface area (Å²) in [7, 11) is 0. The van der Waals surface area contributed by atoms with Crippen LogP contribution in [0.1, 0.15) is 25.3 Å². The van der Waals surface area contributed by atoms with Crippen LogP contribution in [0.3, 0.4) is 0 Å². The summed E-state index contributed by atoms with van der Waals surface area (Å²) < 4.78 is 5.09. The van der Waals surface area contributed by atoms with Gasteiger partial charge in [0.1, 0.15) is 6.61 Å². The maximum absolute atomic E-state index is 11.9. The van der Waals surface area contributed by atoms with Crippen molar-refractivity contribution in [2.45, 2.75) is 32.2 Å². The molecule has 1 saturated heterocycles. The van der Waals surface area contributed by atoms with Crippen LogP contribution in [0, 0.1) is 6.92 Å². The van der Waals surface area contributed by atoms with E-state index in [0.29, 0.717) is 6.42 Å². The highest BCUT2D eigenvalue weighted by Gasteiger charge is 2.44. The SMILES string of the molecule is Cc1ccc(N2C(=O)OCC2(C)CCC(=O)O)cc1. The molecular formula is C14H17NO4. The number of carbonyl (C=O) groups excluding carboxylic acids is 1. The molecule has 0 saturated carbocycles. The Morgan fingerprint density at radius 2 is 2.05 bits per heavy atom. The fourth-order valence-corrected chi connectivity index (χ4v) is 2.24. The fourth-order valence-electron chi connectivity index (χ4n) is 2.24. The summed E-state index contributed by atoms with van der Waals surface area (Å²) in [6.45, 7) is 4.03. The van der Waals surface area contributed by atoms with Crippen LogP contribution in [0.25, 0.3) is 0 Å². The smallest absolute Gasteiger partial charge is 0.415 e. The van der Waals surface area contributed by atoms with Crippen molar-refractivity contribution in [2.24, 2.45) is 0 Å². The van der Waals surface area contributed by atoms with Crippen molar-refractivity contribution < 1.29 is 19.4 Å². The summed E-state index contributed by atoms with van der Waals surface area (Å²) >= 11 is 0. The second kappa shape index (κ2) is 4.91. The van der Waals surface area contributed by atoms with Gasteiger partial charge >= 0.3 is 12.1 Å². The number of rotatable bonds is 4. The number of aryl methyl sites for hydroxylation is 1. The number of benzene rings is 1. The number of aliphatic carboxylic acids is 1. The first kappa shape index (κ1) is 13.4. The molecule has 1 N–H and O–H groups in total. The third kappa shape index (κ3) is 2.70. The maximum Gasteiger partial charge on any atom is 0.415 e. The molecule has 2 rings (SSSR count). The van der Waals surface area contributed by atoms with E-state index in [1.807, 2.05) is 38.1 Å². The summed E-state index contributed by atoms with van der Waals surface area (Å²) in [6, 6.07) is 7.53. The van der Waals surface area contributed by atoms with E-state index in [-0.39, 0.29) is 13.0 Å². The Labute approximate surface area is 111 Å². The molecule has 5 heteroatoms. The molecule has 1 aliphatic heterocycles. The zero-order valence-electron chi connectivity index (χ0n) is 11.0. The summed E-state index contributed by atoms with van der Waals surface area (Å²) in [4.78, 5) is 24.2. The molecule has 1 aromatic carbocycles. The molecule has 1 atom stereocenters. The van der Waals surface area contributed by atoms with Gasteiger partial charge in [-0.3, -0.25) is 9.69 Å². The standard InChI is InChI=1S/C14H17NO4/c1-10-3-5-11(6-4-10)15-13(18)19-9-14(15,2)8-7-12(16)17/h3-6H,7-9H2,1-2H3,(H,16,17). The molecule has 1 aliphatic rings. The van der Waals surface area contributed by atoms with Crippen molar-refractivity contribution in [3.8, 4) is 0 Å². The van der Waals surface area contributed by atoms with Crippen LogP contribution < -0.4 is 4.90 Å². The molecule has 1 amide bonds. The third-order valence-electron chi connectivity index (χ3n) is 3.40. The number of carbonyl (C=O) groups is 2. The number of carboxylic acid groups (broad SMARTS) is 1. The van der Waals surface area contributed by atoms with Crippen LogP contribution >= 0.6 is 0 Å². The van der Waals surface area contributed by atoms with Gasteiger partial charge in [-0.15, -0.1) is 0 Å². The number of carboxylic acids is 1. The van der Waals surface area contributed by atoms with E-state index in [1.165, 1.54) is 0 Å². The highest BCUT2D eigenvalue weighted by atomic mass is 16.6. The van der Waals surface area contributed by atoms with Crippen molar-refractivity contribution in [3.05, 3.63) is 29.8 Å². The molecule has 0 aliphatic carbocycles. The Balaban J connectivity index is 2.26. The summed E-state index contributed by atoms with van der Waals surface area (Å²) in [5.41, 5.74) is 1.23. The molecule has 0 spiro atoms. The van der Waals surface area contributed by atoms with Crippen LogP contribution in [0.5, 0.6) is 0 Å². The fraction of sp³-hybridized carbons (Fsp3) is 0.429. The molecule has 5 nitrogen and oxygen atoms in total. The van der Waals surface area contributed by atoms with Gasteiger partial charge in [0.05, 0.1) is 5.54 Å². The molecule has 1 fully saturated rings. The molecular weight excluding hydrogens is 246 g/mol. The van der Waals surface area contributed by atoms with Gasteiger partial charge in [-0.1, -0.05) is 17.7 Å². The molecule has 19 heavy (non-hydrogen) atoms. The van der Waals surface area contributed by atoms with Gasteiger partial charge in [0.25, 0.3) is 0 Å². The second-order valence-corrected chi connectivity index (χ2v) is 5.12. The zero-order valence-corrected chi connectivity index (χ0v) is 11.0. The Bertz CT molecular complexity index is 497. The van der Waals surface area contributed by atoms with Crippen molar-refractivity contribution >= 4 is 17.7 Å².